The lowest BCUT2D eigenvalue weighted by Gasteiger charge is -2.17. The largest absolute Gasteiger partial charge is 0.496 e. The Labute approximate surface area is 89.7 Å². The fourth-order valence-electron chi connectivity index (χ4n) is 1.47. The van der Waals surface area contributed by atoms with E-state index in [4.69, 9.17) is 4.74 Å². The van der Waals surface area contributed by atoms with E-state index in [1.54, 1.807) is 7.11 Å². The van der Waals surface area contributed by atoms with Gasteiger partial charge in [0.25, 0.3) is 0 Å². The van der Waals surface area contributed by atoms with Crippen LogP contribution < -0.4 is 4.74 Å². The highest BCUT2D eigenvalue weighted by atomic mass is 16.5. The molecule has 0 fully saturated rings. The summed E-state index contributed by atoms with van der Waals surface area (Å²) in [4.78, 5) is 10.6. The minimum atomic E-state index is -1.33. The van der Waals surface area contributed by atoms with Crippen molar-refractivity contribution >= 4 is 6.29 Å². The fraction of sp³-hybridized carbons (Fsp3) is 0.417. The van der Waals surface area contributed by atoms with Gasteiger partial charge in [0.15, 0.2) is 6.29 Å². The average Bonchev–Trinajstić information content (AvgIpc) is 2.18. The number of hydrogen-bond donors (Lipinski definition) is 1. The number of hydrogen-bond acceptors (Lipinski definition) is 3. The number of carbonyl (C=O) groups is 1. The Bertz CT molecular complexity index is 356. The van der Waals surface area contributed by atoms with Gasteiger partial charge in [0, 0.05) is 6.42 Å². The molecule has 0 aliphatic rings. The van der Waals surface area contributed by atoms with E-state index in [2.05, 4.69) is 0 Å². The summed E-state index contributed by atoms with van der Waals surface area (Å²) in [7, 11) is 1.57. The molecule has 0 heterocycles. The third-order valence-corrected chi connectivity index (χ3v) is 2.24. The van der Waals surface area contributed by atoms with E-state index in [-0.39, 0.29) is 6.42 Å². The van der Waals surface area contributed by atoms with Crippen molar-refractivity contribution in [2.75, 3.05) is 7.11 Å². The Hall–Kier alpha value is -1.35. The first-order valence-corrected chi connectivity index (χ1v) is 4.81. The van der Waals surface area contributed by atoms with E-state index in [0.29, 0.717) is 12.0 Å². The summed E-state index contributed by atoms with van der Waals surface area (Å²) < 4.78 is 5.16. The highest BCUT2D eigenvalue weighted by molar-refractivity contribution is 5.62. The van der Waals surface area contributed by atoms with E-state index in [1.807, 2.05) is 25.1 Å². The monoisotopic (exact) mass is 208 g/mol. The van der Waals surface area contributed by atoms with Gasteiger partial charge in [-0.3, -0.25) is 0 Å². The zero-order chi connectivity index (χ0) is 11.5. The molecule has 1 N–H and O–H groups in total. The number of aldehydes is 1. The van der Waals surface area contributed by atoms with Crippen molar-refractivity contribution in [3.8, 4) is 5.75 Å². The highest BCUT2D eigenvalue weighted by Crippen LogP contribution is 2.23. The summed E-state index contributed by atoms with van der Waals surface area (Å²) >= 11 is 0. The summed E-state index contributed by atoms with van der Waals surface area (Å²) in [5, 5.41) is 9.66. The number of rotatable bonds is 4. The van der Waals surface area contributed by atoms with Gasteiger partial charge in [-0.05, 0) is 25.5 Å². The van der Waals surface area contributed by atoms with Crippen LogP contribution in [0.3, 0.4) is 0 Å². The van der Waals surface area contributed by atoms with Crippen LogP contribution >= 0.6 is 0 Å². The van der Waals surface area contributed by atoms with E-state index in [9.17, 15) is 9.90 Å². The molecule has 1 atom stereocenters. The summed E-state index contributed by atoms with van der Waals surface area (Å²) in [6, 6.07) is 5.68. The standard InChI is InChI=1S/C12H16O3/c1-9-4-5-11(15-3)10(6-9)7-12(2,14)8-13/h4-6,8,14H,7H2,1-3H3. The lowest BCUT2D eigenvalue weighted by atomic mass is 9.96. The maximum Gasteiger partial charge on any atom is 0.151 e. The summed E-state index contributed by atoms with van der Waals surface area (Å²) in [5.41, 5.74) is 0.586. The molecule has 0 aliphatic heterocycles. The normalized spacial score (nSPS) is 14.4. The Morgan fingerprint density at radius 2 is 2.20 bits per heavy atom. The molecule has 0 radical (unpaired) electrons. The molecule has 0 saturated heterocycles. The molecule has 1 aromatic carbocycles. The van der Waals surface area contributed by atoms with Gasteiger partial charge in [0.05, 0.1) is 7.11 Å². The van der Waals surface area contributed by atoms with Crippen molar-refractivity contribution in [1.82, 2.24) is 0 Å². The van der Waals surface area contributed by atoms with Gasteiger partial charge in [-0.25, -0.2) is 0 Å². The first-order chi connectivity index (χ1) is 6.98. The Kier molecular flexibility index (Phi) is 3.48. The maximum absolute atomic E-state index is 10.6. The second-order valence-corrected chi connectivity index (χ2v) is 3.97. The van der Waals surface area contributed by atoms with Gasteiger partial charge in [-0.1, -0.05) is 17.7 Å². The molecular formula is C12H16O3. The molecule has 15 heavy (non-hydrogen) atoms. The molecule has 1 rings (SSSR count). The molecule has 1 aromatic rings. The predicted molar refractivity (Wildman–Crippen MR) is 58.1 cm³/mol. The number of ether oxygens (including phenoxy) is 1. The molecule has 0 aliphatic carbocycles. The van der Waals surface area contributed by atoms with Crippen LogP contribution in [-0.2, 0) is 11.2 Å². The number of benzene rings is 1. The summed E-state index contributed by atoms with van der Waals surface area (Å²) in [5.74, 6) is 0.697. The van der Waals surface area contributed by atoms with Gasteiger partial charge >= 0.3 is 0 Å². The van der Waals surface area contributed by atoms with Crippen LogP contribution in [0.15, 0.2) is 18.2 Å². The molecular weight excluding hydrogens is 192 g/mol. The second-order valence-electron chi connectivity index (χ2n) is 3.97. The first kappa shape index (κ1) is 11.7. The van der Waals surface area contributed by atoms with E-state index < -0.39 is 5.60 Å². The molecule has 0 aromatic heterocycles. The van der Waals surface area contributed by atoms with Crippen LogP contribution in [-0.4, -0.2) is 24.1 Å². The summed E-state index contributed by atoms with van der Waals surface area (Å²) in [6.45, 7) is 3.44. The van der Waals surface area contributed by atoms with Gasteiger partial charge in [0.2, 0.25) is 0 Å². The van der Waals surface area contributed by atoms with Crippen molar-refractivity contribution in [2.45, 2.75) is 25.9 Å². The van der Waals surface area contributed by atoms with Crippen molar-refractivity contribution < 1.29 is 14.6 Å². The fourth-order valence-corrected chi connectivity index (χ4v) is 1.47. The van der Waals surface area contributed by atoms with E-state index in [0.717, 1.165) is 11.1 Å². The van der Waals surface area contributed by atoms with Crippen molar-refractivity contribution in [1.29, 1.82) is 0 Å². The molecule has 0 saturated carbocycles. The lowest BCUT2D eigenvalue weighted by molar-refractivity contribution is -0.122. The zero-order valence-corrected chi connectivity index (χ0v) is 9.28. The SMILES string of the molecule is COc1ccc(C)cc1CC(C)(O)C=O. The number of aliphatic hydroxyl groups is 1. The smallest absolute Gasteiger partial charge is 0.151 e. The zero-order valence-electron chi connectivity index (χ0n) is 9.28. The summed E-state index contributed by atoms with van der Waals surface area (Å²) in [6.07, 6.45) is 0.816. The third-order valence-electron chi connectivity index (χ3n) is 2.24. The van der Waals surface area contributed by atoms with Crippen LogP contribution in [0.2, 0.25) is 0 Å². The minimum absolute atomic E-state index is 0.265. The molecule has 1 unspecified atom stereocenters. The molecule has 3 nitrogen and oxygen atoms in total. The topological polar surface area (TPSA) is 46.5 Å². The van der Waals surface area contributed by atoms with E-state index >= 15 is 0 Å². The Balaban J connectivity index is 3.02. The molecule has 0 bridgehead atoms. The number of carbonyl (C=O) groups excluding carboxylic acids is 1. The Morgan fingerprint density at radius 3 is 2.73 bits per heavy atom. The van der Waals surface area contributed by atoms with Crippen LogP contribution in [0.1, 0.15) is 18.1 Å². The van der Waals surface area contributed by atoms with E-state index in [1.165, 1.54) is 6.92 Å². The second kappa shape index (κ2) is 4.45. The quantitative estimate of drug-likeness (QED) is 0.763. The van der Waals surface area contributed by atoms with Gasteiger partial charge in [-0.2, -0.15) is 0 Å². The molecule has 3 heteroatoms. The maximum atomic E-state index is 10.6. The Morgan fingerprint density at radius 1 is 1.53 bits per heavy atom. The predicted octanol–water partition coefficient (Wildman–Crippen LogP) is 1.50. The lowest BCUT2D eigenvalue weighted by Crippen LogP contribution is -2.29. The van der Waals surface area contributed by atoms with Crippen LogP contribution in [0.5, 0.6) is 5.75 Å². The van der Waals surface area contributed by atoms with Crippen molar-refractivity contribution in [3.05, 3.63) is 29.3 Å². The number of aryl methyl sites for hydroxylation is 1. The highest BCUT2D eigenvalue weighted by Gasteiger charge is 2.21. The molecule has 82 valence electrons. The van der Waals surface area contributed by atoms with Crippen LogP contribution in [0.25, 0.3) is 0 Å². The van der Waals surface area contributed by atoms with Gasteiger partial charge in [-0.15, -0.1) is 0 Å². The molecule has 0 amide bonds. The van der Waals surface area contributed by atoms with Gasteiger partial charge < -0.3 is 14.6 Å². The van der Waals surface area contributed by atoms with Crippen molar-refractivity contribution in [2.24, 2.45) is 0 Å². The van der Waals surface area contributed by atoms with Crippen LogP contribution in [0, 0.1) is 6.92 Å². The van der Waals surface area contributed by atoms with Crippen LogP contribution in [0.4, 0.5) is 0 Å². The minimum Gasteiger partial charge on any atom is -0.496 e. The average molecular weight is 208 g/mol. The van der Waals surface area contributed by atoms with Gasteiger partial charge in [0.1, 0.15) is 11.4 Å². The van der Waals surface area contributed by atoms with Crippen molar-refractivity contribution in [3.63, 3.8) is 0 Å². The number of methoxy groups -OCH3 is 1. The molecule has 0 spiro atoms. The first-order valence-electron chi connectivity index (χ1n) is 4.81. The third kappa shape index (κ3) is 3.06.